The van der Waals surface area contributed by atoms with Gasteiger partial charge in [0.05, 0.1) is 10.9 Å². The summed E-state index contributed by atoms with van der Waals surface area (Å²) in [5.41, 5.74) is 4.18. The van der Waals surface area contributed by atoms with E-state index in [1.807, 2.05) is 11.8 Å². The first-order valence-corrected chi connectivity index (χ1v) is 5.78. The van der Waals surface area contributed by atoms with Crippen LogP contribution < -0.4 is 5.32 Å². The van der Waals surface area contributed by atoms with Gasteiger partial charge in [-0.05, 0) is 30.2 Å². The van der Waals surface area contributed by atoms with E-state index in [9.17, 15) is 0 Å². The number of fused-ring (bicyclic) bond motifs is 1. The third-order valence-corrected chi connectivity index (χ3v) is 3.56. The van der Waals surface area contributed by atoms with Gasteiger partial charge in [0.1, 0.15) is 0 Å². The van der Waals surface area contributed by atoms with Crippen LogP contribution >= 0.6 is 11.8 Å². The van der Waals surface area contributed by atoms with Crippen molar-refractivity contribution in [3.63, 3.8) is 0 Å². The number of hydrogen-bond acceptors (Lipinski definition) is 3. The number of rotatable bonds is 1. The fraction of sp³-hybridized carbons (Fsp3) is 0.500. The van der Waals surface area contributed by atoms with Gasteiger partial charge in [-0.15, -0.1) is 11.8 Å². The highest BCUT2D eigenvalue weighted by atomic mass is 32.2. The van der Waals surface area contributed by atoms with Gasteiger partial charge in [-0.2, -0.15) is 0 Å². The van der Waals surface area contributed by atoms with Crippen LogP contribution in [0.4, 0.5) is 0 Å². The topological polar surface area (TPSA) is 24.9 Å². The summed E-state index contributed by atoms with van der Waals surface area (Å²) in [6.07, 6.45) is 3.21. The van der Waals surface area contributed by atoms with Crippen LogP contribution in [0.25, 0.3) is 0 Å². The number of aromatic nitrogens is 1. The zero-order chi connectivity index (χ0) is 8.67. The molecule has 1 unspecified atom stereocenters. The van der Waals surface area contributed by atoms with Gasteiger partial charge in [0, 0.05) is 18.5 Å². The molecule has 1 aromatic heterocycles. The average Bonchev–Trinajstić information content (AvgIpc) is 3.00. The van der Waals surface area contributed by atoms with Crippen molar-refractivity contribution in [2.45, 2.75) is 18.2 Å². The quantitative estimate of drug-likeness (QED) is 0.683. The summed E-state index contributed by atoms with van der Waals surface area (Å²) in [5.74, 6) is 1.26. The lowest BCUT2D eigenvalue weighted by Gasteiger charge is -2.16. The first kappa shape index (κ1) is 7.83. The summed E-state index contributed by atoms with van der Waals surface area (Å²) in [5, 5.41) is 4.09. The molecule has 0 amide bonds. The molecule has 2 aliphatic rings. The van der Waals surface area contributed by atoms with E-state index >= 15 is 0 Å². The minimum absolute atomic E-state index is 0.701. The average molecular weight is 192 g/mol. The van der Waals surface area contributed by atoms with Crippen molar-refractivity contribution in [3.8, 4) is 0 Å². The van der Waals surface area contributed by atoms with Gasteiger partial charge >= 0.3 is 0 Å². The predicted octanol–water partition coefficient (Wildman–Crippen LogP) is 1.52. The van der Waals surface area contributed by atoms with E-state index < -0.39 is 0 Å². The summed E-state index contributed by atoms with van der Waals surface area (Å²) in [6, 6.07) is 2.28. The molecule has 0 aliphatic carbocycles. The fourth-order valence-corrected chi connectivity index (χ4v) is 2.34. The van der Waals surface area contributed by atoms with Gasteiger partial charge < -0.3 is 5.32 Å². The van der Waals surface area contributed by atoms with Gasteiger partial charge in [-0.25, -0.2) is 0 Å². The molecule has 1 N–H and O–H groups in total. The van der Waals surface area contributed by atoms with Gasteiger partial charge in [0.25, 0.3) is 0 Å². The monoisotopic (exact) mass is 192 g/mol. The Bertz CT molecular complexity index is 334. The largest absolute Gasteiger partial charge is 0.312 e. The van der Waals surface area contributed by atoms with Crippen molar-refractivity contribution in [2.24, 2.45) is 0 Å². The molecule has 1 saturated heterocycles. The zero-order valence-electron chi connectivity index (χ0n) is 7.42. The zero-order valence-corrected chi connectivity index (χ0v) is 8.23. The molecule has 2 aliphatic heterocycles. The minimum Gasteiger partial charge on any atom is -0.312 e. The molecule has 1 fully saturated rings. The van der Waals surface area contributed by atoms with Crippen LogP contribution in [0.3, 0.4) is 0 Å². The van der Waals surface area contributed by atoms with E-state index in [0.29, 0.717) is 5.25 Å². The summed E-state index contributed by atoms with van der Waals surface area (Å²) < 4.78 is 0. The fourth-order valence-electron chi connectivity index (χ4n) is 1.77. The molecule has 0 aromatic carbocycles. The summed E-state index contributed by atoms with van der Waals surface area (Å²) in [6.45, 7) is 2.13. The van der Waals surface area contributed by atoms with Crippen LogP contribution in [0.5, 0.6) is 0 Å². The predicted molar refractivity (Wildman–Crippen MR) is 54.8 cm³/mol. The molecule has 0 saturated carbocycles. The summed E-state index contributed by atoms with van der Waals surface area (Å²) in [4.78, 5) is 4.51. The Kier molecular flexibility index (Phi) is 1.80. The van der Waals surface area contributed by atoms with Crippen LogP contribution in [-0.4, -0.2) is 17.3 Å². The second-order valence-corrected chi connectivity index (χ2v) is 4.86. The van der Waals surface area contributed by atoms with E-state index in [-0.39, 0.29) is 0 Å². The maximum absolute atomic E-state index is 4.51. The first-order chi connectivity index (χ1) is 6.43. The molecule has 3 heterocycles. The number of nitrogens with zero attached hydrogens (tertiary/aromatic N) is 1. The van der Waals surface area contributed by atoms with E-state index in [2.05, 4.69) is 22.6 Å². The first-order valence-electron chi connectivity index (χ1n) is 4.73. The lowest BCUT2D eigenvalue weighted by molar-refractivity contribution is 0.639. The third kappa shape index (κ3) is 1.46. The maximum atomic E-state index is 4.51. The molecule has 2 nitrogen and oxygen atoms in total. The lowest BCUT2D eigenvalue weighted by atomic mass is 10.0. The van der Waals surface area contributed by atoms with Crippen molar-refractivity contribution >= 4 is 11.8 Å². The normalized spacial score (nSPS) is 25.4. The molecule has 0 bridgehead atoms. The van der Waals surface area contributed by atoms with E-state index in [4.69, 9.17) is 0 Å². The number of nitrogens with one attached hydrogen (secondary N) is 1. The Morgan fingerprint density at radius 1 is 1.46 bits per heavy atom. The standard InChI is InChI=1S/C10H12N2S/c1-2-11-4-8-3-9(10-6-13-10)12-5-7(1)8/h3,5,10-11H,1-2,4,6H2. The molecule has 68 valence electrons. The highest BCUT2D eigenvalue weighted by molar-refractivity contribution is 8.06. The molecular weight excluding hydrogens is 180 g/mol. The van der Waals surface area contributed by atoms with E-state index in [1.165, 1.54) is 22.6 Å². The van der Waals surface area contributed by atoms with E-state index in [1.54, 1.807) is 0 Å². The van der Waals surface area contributed by atoms with Gasteiger partial charge in [0.15, 0.2) is 0 Å². The SMILES string of the molecule is c1nc(C2CS2)cc2c1CCNC2. The Labute approximate surface area is 82.1 Å². The van der Waals surface area contributed by atoms with E-state index in [0.717, 1.165) is 19.5 Å². The third-order valence-electron chi connectivity index (χ3n) is 2.65. The van der Waals surface area contributed by atoms with Crippen molar-refractivity contribution in [1.82, 2.24) is 10.3 Å². The Morgan fingerprint density at radius 3 is 3.23 bits per heavy atom. The van der Waals surface area contributed by atoms with Crippen LogP contribution in [0.2, 0.25) is 0 Å². The van der Waals surface area contributed by atoms with Crippen molar-refractivity contribution in [2.75, 3.05) is 12.3 Å². The van der Waals surface area contributed by atoms with Crippen LogP contribution in [0, 0.1) is 0 Å². The Hall–Kier alpha value is -0.540. The van der Waals surface area contributed by atoms with Crippen molar-refractivity contribution in [1.29, 1.82) is 0 Å². The number of pyridine rings is 1. The van der Waals surface area contributed by atoms with Crippen LogP contribution in [0.1, 0.15) is 22.1 Å². The second kappa shape index (κ2) is 3.00. The molecule has 0 spiro atoms. The molecule has 1 aromatic rings. The molecule has 1 atom stereocenters. The molecule has 13 heavy (non-hydrogen) atoms. The number of thioether (sulfide) groups is 1. The number of hydrogen-bond donors (Lipinski definition) is 1. The highest BCUT2D eigenvalue weighted by Gasteiger charge is 2.26. The molecule has 3 heteroatoms. The molecule has 3 rings (SSSR count). The smallest absolute Gasteiger partial charge is 0.0561 e. The van der Waals surface area contributed by atoms with Crippen molar-refractivity contribution in [3.05, 3.63) is 29.1 Å². The maximum Gasteiger partial charge on any atom is 0.0561 e. The highest BCUT2D eigenvalue weighted by Crippen LogP contribution is 2.45. The lowest BCUT2D eigenvalue weighted by Crippen LogP contribution is -2.23. The van der Waals surface area contributed by atoms with Gasteiger partial charge in [-0.3, -0.25) is 4.98 Å². The Balaban J connectivity index is 1.98. The summed E-state index contributed by atoms with van der Waals surface area (Å²) in [7, 11) is 0. The van der Waals surface area contributed by atoms with Gasteiger partial charge in [-0.1, -0.05) is 0 Å². The molecule has 0 radical (unpaired) electrons. The van der Waals surface area contributed by atoms with Gasteiger partial charge in [0.2, 0.25) is 0 Å². The second-order valence-electron chi connectivity index (χ2n) is 3.63. The Morgan fingerprint density at radius 2 is 2.38 bits per heavy atom. The summed E-state index contributed by atoms with van der Waals surface area (Å²) >= 11 is 1.99. The van der Waals surface area contributed by atoms with Crippen molar-refractivity contribution < 1.29 is 0 Å². The van der Waals surface area contributed by atoms with Crippen LogP contribution in [0.15, 0.2) is 12.3 Å². The minimum atomic E-state index is 0.701. The molecular formula is C10H12N2S. The van der Waals surface area contributed by atoms with Crippen LogP contribution in [-0.2, 0) is 13.0 Å².